The van der Waals surface area contributed by atoms with E-state index in [1.165, 1.54) is 11.8 Å². The van der Waals surface area contributed by atoms with Gasteiger partial charge in [0.15, 0.2) is 0 Å². The molecule has 0 fully saturated rings. The monoisotopic (exact) mass is 162 g/mol. The van der Waals surface area contributed by atoms with Crippen molar-refractivity contribution in [2.45, 2.75) is 6.42 Å². The van der Waals surface area contributed by atoms with Crippen LogP contribution in [0.3, 0.4) is 0 Å². The van der Waals surface area contributed by atoms with E-state index in [0.717, 1.165) is 0 Å². The molecule has 4 nitrogen and oxygen atoms in total. The molecule has 58 valence electrons. The van der Waals surface area contributed by atoms with Gasteiger partial charge in [-0.1, -0.05) is 0 Å². The van der Waals surface area contributed by atoms with Gasteiger partial charge in [-0.15, -0.1) is 0 Å². The number of thioether (sulfide) groups is 1. The predicted octanol–water partition coefficient (Wildman–Crippen LogP) is -0.920. The van der Waals surface area contributed by atoms with Crippen molar-refractivity contribution in [3.05, 3.63) is 0 Å². The zero-order valence-corrected chi connectivity index (χ0v) is 6.32. The van der Waals surface area contributed by atoms with Gasteiger partial charge in [0.05, 0.1) is 5.75 Å². The first-order chi connectivity index (χ1) is 4.63. The van der Waals surface area contributed by atoms with Gasteiger partial charge >= 0.3 is 0 Å². The maximum absolute atomic E-state index is 10.1. The normalized spacial score (nSPS) is 9.20. The first-order valence-electron chi connectivity index (χ1n) is 2.77. The van der Waals surface area contributed by atoms with Gasteiger partial charge in [-0.05, 0) is 0 Å². The molecule has 10 heavy (non-hydrogen) atoms. The standard InChI is InChI=1S/C5H10N2O2S/c6-4(8)1-2-10-3-5(7)9/h1-3H2,(H2,6,8)(H2,7,9). The molecule has 0 saturated heterocycles. The average Bonchev–Trinajstić information content (AvgIpc) is 1.79. The zero-order chi connectivity index (χ0) is 7.98. The van der Waals surface area contributed by atoms with Crippen LogP contribution in [-0.2, 0) is 9.59 Å². The Bertz CT molecular complexity index is 122. The molecular formula is C5H10N2O2S. The molecule has 0 atom stereocenters. The molecule has 5 heteroatoms. The molecule has 0 spiro atoms. The Morgan fingerprint density at radius 1 is 1.20 bits per heavy atom. The van der Waals surface area contributed by atoms with Crippen molar-refractivity contribution < 1.29 is 9.59 Å². The molecule has 0 aromatic heterocycles. The van der Waals surface area contributed by atoms with Crippen molar-refractivity contribution in [3.63, 3.8) is 0 Å². The van der Waals surface area contributed by atoms with Gasteiger partial charge in [-0.2, -0.15) is 11.8 Å². The molecule has 0 aliphatic rings. The third-order valence-corrected chi connectivity index (χ3v) is 1.72. The van der Waals surface area contributed by atoms with E-state index in [4.69, 9.17) is 11.5 Å². The first-order valence-corrected chi connectivity index (χ1v) is 3.92. The third-order valence-electron chi connectivity index (χ3n) is 0.737. The number of carbonyl (C=O) groups is 2. The molecule has 0 aliphatic carbocycles. The highest BCUT2D eigenvalue weighted by atomic mass is 32.2. The molecular weight excluding hydrogens is 152 g/mol. The number of carbonyl (C=O) groups excluding carboxylic acids is 2. The minimum atomic E-state index is -0.366. The van der Waals surface area contributed by atoms with E-state index in [0.29, 0.717) is 12.2 Å². The Labute approximate surface area is 63.3 Å². The smallest absolute Gasteiger partial charge is 0.227 e. The lowest BCUT2D eigenvalue weighted by Crippen LogP contribution is -2.15. The van der Waals surface area contributed by atoms with Crippen LogP contribution in [0.2, 0.25) is 0 Å². The Balaban J connectivity index is 3.06. The molecule has 0 radical (unpaired) electrons. The summed E-state index contributed by atoms with van der Waals surface area (Å²) >= 11 is 1.31. The SMILES string of the molecule is NC(=O)CCSCC(N)=O. The quantitative estimate of drug-likeness (QED) is 0.512. The molecule has 0 saturated carbocycles. The minimum Gasteiger partial charge on any atom is -0.370 e. The van der Waals surface area contributed by atoms with Crippen molar-refractivity contribution in [1.29, 1.82) is 0 Å². The minimum absolute atomic E-state index is 0.257. The molecule has 4 N–H and O–H groups in total. The Morgan fingerprint density at radius 3 is 2.20 bits per heavy atom. The Morgan fingerprint density at radius 2 is 1.80 bits per heavy atom. The van der Waals surface area contributed by atoms with E-state index in [9.17, 15) is 9.59 Å². The summed E-state index contributed by atoms with van der Waals surface area (Å²) in [5, 5.41) is 0. The summed E-state index contributed by atoms with van der Waals surface area (Å²) in [4.78, 5) is 20.3. The highest BCUT2D eigenvalue weighted by Gasteiger charge is 1.96. The van der Waals surface area contributed by atoms with Gasteiger partial charge in [0.1, 0.15) is 0 Å². The maximum atomic E-state index is 10.1. The van der Waals surface area contributed by atoms with Gasteiger partial charge in [0.25, 0.3) is 0 Å². The van der Waals surface area contributed by atoms with Crippen LogP contribution >= 0.6 is 11.8 Å². The summed E-state index contributed by atoms with van der Waals surface area (Å²) in [6, 6.07) is 0. The van der Waals surface area contributed by atoms with Gasteiger partial charge < -0.3 is 11.5 Å². The Hall–Kier alpha value is -0.710. The fourth-order valence-electron chi connectivity index (χ4n) is 0.346. The molecule has 0 unspecified atom stereocenters. The lowest BCUT2D eigenvalue weighted by molar-refractivity contribution is -0.118. The summed E-state index contributed by atoms with van der Waals surface area (Å²) in [6.45, 7) is 0. The molecule has 0 heterocycles. The number of nitrogens with two attached hydrogens (primary N) is 2. The molecule has 0 aliphatic heterocycles. The highest BCUT2D eigenvalue weighted by molar-refractivity contribution is 7.99. The Kier molecular flexibility index (Phi) is 4.74. The lowest BCUT2D eigenvalue weighted by atomic mass is 10.5. The second-order valence-electron chi connectivity index (χ2n) is 1.74. The largest absolute Gasteiger partial charge is 0.370 e. The second-order valence-corrected chi connectivity index (χ2v) is 2.84. The predicted molar refractivity (Wildman–Crippen MR) is 40.3 cm³/mol. The van der Waals surface area contributed by atoms with Crippen molar-refractivity contribution in [2.24, 2.45) is 11.5 Å². The summed E-state index contributed by atoms with van der Waals surface area (Å²) in [6.07, 6.45) is 0.304. The summed E-state index contributed by atoms with van der Waals surface area (Å²) in [7, 11) is 0. The average molecular weight is 162 g/mol. The van der Waals surface area contributed by atoms with Crippen LogP contribution < -0.4 is 11.5 Å². The molecule has 2 amide bonds. The van der Waals surface area contributed by atoms with Crippen LogP contribution in [0.25, 0.3) is 0 Å². The van der Waals surface area contributed by atoms with E-state index in [1.807, 2.05) is 0 Å². The number of primary amides is 2. The maximum Gasteiger partial charge on any atom is 0.227 e. The van der Waals surface area contributed by atoms with Crippen LogP contribution in [0.5, 0.6) is 0 Å². The van der Waals surface area contributed by atoms with E-state index in [2.05, 4.69) is 0 Å². The van der Waals surface area contributed by atoms with Crippen LogP contribution in [0.15, 0.2) is 0 Å². The van der Waals surface area contributed by atoms with Gasteiger partial charge in [0.2, 0.25) is 11.8 Å². The fourth-order valence-corrected chi connectivity index (χ4v) is 1.04. The van der Waals surface area contributed by atoms with E-state index < -0.39 is 0 Å². The van der Waals surface area contributed by atoms with Crippen LogP contribution in [0.4, 0.5) is 0 Å². The summed E-state index contributed by atoms with van der Waals surface area (Å²) in [5.41, 5.74) is 9.67. The van der Waals surface area contributed by atoms with Gasteiger partial charge in [-0.25, -0.2) is 0 Å². The number of amides is 2. The molecule has 0 aromatic carbocycles. The lowest BCUT2D eigenvalue weighted by Gasteiger charge is -1.93. The molecule has 0 bridgehead atoms. The molecule has 0 aromatic rings. The van der Waals surface area contributed by atoms with Gasteiger partial charge in [-0.3, -0.25) is 9.59 Å². The van der Waals surface area contributed by atoms with E-state index >= 15 is 0 Å². The van der Waals surface area contributed by atoms with Crippen LogP contribution in [0.1, 0.15) is 6.42 Å². The van der Waals surface area contributed by atoms with Crippen LogP contribution in [0, 0.1) is 0 Å². The fraction of sp³-hybridized carbons (Fsp3) is 0.600. The van der Waals surface area contributed by atoms with Crippen molar-refractivity contribution in [1.82, 2.24) is 0 Å². The van der Waals surface area contributed by atoms with Crippen molar-refractivity contribution >= 4 is 23.6 Å². The number of rotatable bonds is 5. The summed E-state index contributed by atoms with van der Waals surface area (Å²) < 4.78 is 0. The summed E-state index contributed by atoms with van der Waals surface area (Å²) in [5.74, 6) is 0.109. The van der Waals surface area contributed by atoms with E-state index in [1.54, 1.807) is 0 Å². The highest BCUT2D eigenvalue weighted by Crippen LogP contribution is 1.99. The first kappa shape index (κ1) is 9.29. The van der Waals surface area contributed by atoms with Crippen molar-refractivity contribution in [2.75, 3.05) is 11.5 Å². The number of hydrogen-bond acceptors (Lipinski definition) is 3. The van der Waals surface area contributed by atoms with Gasteiger partial charge in [0, 0.05) is 12.2 Å². The zero-order valence-electron chi connectivity index (χ0n) is 5.50. The number of hydrogen-bond donors (Lipinski definition) is 2. The van der Waals surface area contributed by atoms with Crippen LogP contribution in [-0.4, -0.2) is 23.3 Å². The molecule has 0 rings (SSSR count). The second kappa shape index (κ2) is 5.10. The van der Waals surface area contributed by atoms with Crippen molar-refractivity contribution in [3.8, 4) is 0 Å². The third kappa shape index (κ3) is 7.29. The van der Waals surface area contributed by atoms with E-state index in [-0.39, 0.29) is 17.6 Å². The topological polar surface area (TPSA) is 86.2 Å².